The zero-order valence-electron chi connectivity index (χ0n) is 16.3. The third-order valence-electron chi connectivity index (χ3n) is 3.75. The summed E-state index contributed by atoms with van der Waals surface area (Å²) in [5, 5.41) is 7.11. The van der Waals surface area contributed by atoms with E-state index in [-0.39, 0.29) is 36.4 Å². The van der Waals surface area contributed by atoms with Crippen molar-refractivity contribution in [3.8, 4) is 5.75 Å². The molecule has 8 nitrogen and oxygen atoms in total. The second-order valence-electron chi connectivity index (χ2n) is 5.98. The summed E-state index contributed by atoms with van der Waals surface area (Å²) in [6, 6.07) is 9.57. The van der Waals surface area contributed by atoms with Crippen LogP contribution in [0.25, 0.3) is 0 Å². The average molecular weight is 531 g/mol. The van der Waals surface area contributed by atoms with Crippen LogP contribution in [0, 0.1) is 0 Å². The molecule has 0 fully saturated rings. The Morgan fingerprint density at radius 3 is 2.58 bits per heavy atom. The lowest BCUT2D eigenvalue weighted by Gasteiger charge is -2.07. The molecule has 164 valence electrons. The van der Waals surface area contributed by atoms with E-state index in [9.17, 15) is 14.4 Å². The van der Waals surface area contributed by atoms with Gasteiger partial charge in [-0.15, -0.1) is 0 Å². The number of halogens is 3. The minimum Gasteiger partial charge on any atom is -0.481 e. The maximum Gasteiger partial charge on any atom is 0.343 e. The lowest BCUT2D eigenvalue weighted by atomic mass is 10.2. The minimum absolute atomic E-state index is 0.0361. The van der Waals surface area contributed by atoms with Gasteiger partial charge in [0.05, 0.1) is 27.8 Å². The van der Waals surface area contributed by atoms with Crippen molar-refractivity contribution in [1.82, 2.24) is 10.7 Å². The van der Waals surface area contributed by atoms with Gasteiger partial charge in [-0.25, -0.2) is 10.2 Å². The standard InChI is InChI=1S/C20H18BrCl2N3O5/c1-30-19(28)11-31-17-5-2-12(8-14(17)21)10-25-26-18(27)6-7-24-20(29)13-3-4-15(22)16(23)9-13/h2-5,8-10H,6-7,11H2,1H3,(H,24,29)(H,26,27). The summed E-state index contributed by atoms with van der Waals surface area (Å²) >= 11 is 15.0. The number of esters is 1. The van der Waals surface area contributed by atoms with E-state index in [1.165, 1.54) is 31.5 Å². The van der Waals surface area contributed by atoms with Crippen LogP contribution in [0.3, 0.4) is 0 Å². The Kier molecular flexibility index (Phi) is 9.77. The predicted molar refractivity (Wildman–Crippen MR) is 121 cm³/mol. The number of hydrogen-bond donors (Lipinski definition) is 2. The highest BCUT2D eigenvalue weighted by molar-refractivity contribution is 9.10. The third kappa shape index (κ3) is 8.20. The summed E-state index contributed by atoms with van der Waals surface area (Å²) in [6.07, 6.45) is 1.48. The van der Waals surface area contributed by atoms with Gasteiger partial charge in [-0.05, 0) is 57.9 Å². The van der Waals surface area contributed by atoms with Crippen LogP contribution in [0.1, 0.15) is 22.3 Å². The predicted octanol–water partition coefficient (Wildman–Crippen LogP) is 3.58. The normalized spacial score (nSPS) is 10.6. The van der Waals surface area contributed by atoms with Gasteiger partial charge in [0.2, 0.25) is 5.91 Å². The number of hydrogen-bond acceptors (Lipinski definition) is 6. The number of carbonyl (C=O) groups is 3. The molecule has 0 aliphatic carbocycles. The molecule has 0 aromatic heterocycles. The molecule has 0 bridgehead atoms. The Balaban J connectivity index is 1.76. The molecular formula is C20H18BrCl2N3O5. The van der Waals surface area contributed by atoms with Crippen LogP contribution in [-0.4, -0.2) is 44.3 Å². The number of ether oxygens (including phenoxy) is 2. The molecule has 0 atom stereocenters. The molecule has 0 saturated heterocycles. The van der Waals surface area contributed by atoms with E-state index in [1.807, 2.05) is 0 Å². The van der Waals surface area contributed by atoms with E-state index < -0.39 is 5.97 Å². The van der Waals surface area contributed by atoms with Gasteiger partial charge in [-0.2, -0.15) is 5.10 Å². The van der Waals surface area contributed by atoms with Gasteiger partial charge in [0, 0.05) is 18.5 Å². The number of carbonyl (C=O) groups excluding carboxylic acids is 3. The van der Waals surface area contributed by atoms with Gasteiger partial charge in [0.15, 0.2) is 6.61 Å². The molecule has 0 aliphatic rings. The number of nitrogens with zero attached hydrogens (tertiary/aromatic N) is 1. The molecule has 11 heteroatoms. The summed E-state index contributed by atoms with van der Waals surface area (Å²) in [6.45, 7) is -0.0849. The van der Waals surface area contributed by atoms with Crippen molar-refractivity contribution in [1.29, 1.82) is 0 Å². The molecule has 0 unspecified atom stereocenters. The average Bonchev–Trinajstić information content (AvgIpc) is 2.74. The van der Waals surface area contributed by atoms with E-state index in [0.29, 0.717) is 26.4 Å². The van der Waals surface area contributed by atoms with Crippen LogP contribution in [0.15, 0.2) is 46.0 Å². The van der Waals surface area contributed by atoms with Crippen molar-refractivity contribution in [2.75, 3.05) is 20.3 Å². The van der Waals surface area contributed by atoms with Crippen LogP contribution >= 0.6 is 39.1 Å². The van der Waals surface area contributed by atoms with Crippen LogP contribution in [0.5, 0.6) is 5.75 Å². The van der Waals surface area contributed by atoms with Crippen LogP contribution < -0.4 is 15.5 Å². The van der Waals surface area contributed by atoms with Crippen molar-refractivity contribution in [3.63, 3.8) is 0 Å². The molecular weight excluding hydrogens is 513 g/mol. The molecule has 0 saturated carbocycles. The first-order valence-corrected chi connectivity index (χ1v) is 10.4. The number of benzene rings is 2. The van der Waals surface area contributed by atoms with Crippen LogP contribution in [0.2, 0.25) is 10.0 Å². The summed E-state index contributed by atoms with van der Waals surface area (Å²) < 4.78 is 10.4. The number of methoxy groups -OCH3 is 1. The fourth-order valence-corrected chi connectivity index (χ4v) is 2.98. The third-order valence-corrected chi connectivity index (χ3v) is 5.11. The second-order valence-corrected chi connectivity index (χ2v) is 7.65. The van der Waals surface area contributed by atoms with Crippen molar-refractivity contribution >= 4 is 63.1 Å². The quantitative estimate of drug-likeness (QED) is 0.293. The van der Waals surface area contributed by atoms with E-state index >= 15 is 0 Å². The molecule has 0 spiro atoms. The highest BCUT2D eigenvalue weighted by atomic mass is 79.9. The summed E-state index contributed by atoms with van der Waals surface area (Å²) in [5.74, 6) is -0.769. The smallest absolute Gasteiger partial charge is 0.343 e. The Bertz CT molecular complexity index is 1000. The van der Waals surface area contributed by atoms with Crippen LogP contribution in [-0.2, 0) is 14.3 Å². The second kappa shape index (κ2) is 12.3. The monoisotopic (exact) mass is 529 g/mol. The number of rotatable bonds is 9. The molecule has 0 heterocycles. The maximum atomic E-state index is 12.0. The minimum atomic E-state index is -0.492. The van der Waals surface area contributed by atoms with Crippen molar-refractivity contribution in [2.24, 2.45) is 5.10 Å². The Morgan fingerprint density at radius 2 is 1.90 bits per heavy atom. The van der Waals surface area contributed by atoms with Gasteiger partial charge < -0.3 is 14.8 Å². The number of amides is 2. The van der Waals surface area contributed by atoms with Crippen molar-refractivity contribution < 1.29 is 23.9 Å². The first kappa shape index (κ1) is 24.6. The molecule has 2 rings (SSSR count). The molecule has 31 heavy (non-hydrogen) atoms. The summed E-state index contributed by atoms with van der Waals surface area (Å²) in [5.41, 5.74) is 3.41. The zero-order chi connectivity index (χ0) is 22.8. The number of nitrogens with one attached hydrogen (secondary N) is 2. The van der Waals surface area contributed by atoms with Gasteiger partial charge in [-0.3, -0.25) is 9.59 Å². The largest absolute Gasteiger partial charge is 0.481 e. The first-order chi connectivity index (χ1) is 14.8. The SMILES string of the molecule is COC(=O)COc1ccc(C=NNC(=O)CCNC(=O)c2ccc(Cl)c(Cl)c2)cc1Br. The first-order valence-electron chi connectivity index (χ1n) is 8.84. The van der Waals surface area contributed by atoms with Gasteiger partial charge >= 0.3 is 5.97 Å². The Labute approximate surface area is 197 Å². The lowest BCUT2D eigenvalue weighted by molar-refractivity contribution is -0.142. The van der Waals surface area contributed by atoms with Crippen LogP contribution in [0.4, 0.5) is 0 Å². The summed E-state index contributed by atoms with van der Waals surface area (Å²) in [7, 11) is 1.28. The van der Waals surface area contributed by atoms with Gasteiger partial charge in [0.25, 0.3) is 5.91 Å². The molecule has 0 radical (unpaired) electrons. The Hall–Kier alpha value is -2.62. The fourth-order valence-electron chi connectivity index (χ4n) is 2.17. The van der Waals surface area contributed by atoms with E-state index in [4.69, 9.17) is 27.9 Å². The van der Waals surface area contributed by atoms with Gasteiger partial charge in [-0.1, -0.05) is 23.2 Å². The fraction of sp³-hybridized carbons (Fsp3) is 0.200. The van der Waals surface area contributed by atoms with Crippen molar-refractivity contribution in [3.05, 3.63) is 62.0 Å². The molecule has 0 aliphatic heterocycles. The van der Waals surface area contributed by atoms with E-state index in [2.05, 4.69) is 36.5 Å². The maximum absolute atomic E-state index is 12.0. The lowest BCUT2D eigenvalue weighted by Crippen LogP contribution is -2.29. The molecule has 2 aromatic carbocycles. The molecule has 2 aromatic rings. The Morgan fingerprint density at radius 1 is 1.13 bits per heavy atom. The van der Waals surface area contributed by atoms with Gasteiger partial charge in [0.1, 0.15) is 5.75 Å². The summed E-state index contributed by atoms with van der Waals surface area (Å²) in [4.78, 5) is 35.0. The number of hydrazone groups is 1. The zero-order valence-corrected chi connectivity index (χ0v) is 19.4. The molecule has 2 amide bonds. The van der Waals surface area contributed by atoms with E-state index in [0.717, 1.165) is 0 Å². The van der Waals surface area contributed by atoms with E-state index in [1.54, 1.807) is 18.2 Å². The van der Waals surface area contributed by atoms with Crippen molar-refractivity contribution in [2.45, 2.75) is 6.42 Å². The highest BCUT2D eigenvalue weighted by Crippen LogP contribution is 2.25. The topological polar surface area (TPSA) is 106 Å². The molecule has 2 N–H and O–H groups in total. The highest BCUT2D eigenvalue weighted by Gasteiger charge is 2.09.